The molecule has 0 spiro atoms. The Morgan fingerprint density at radius 2 is 1.27 bits per heavy atom. The molecule has 0 atom stereocenters. The number of carbonyl (C=O) groups excluding carboxylic acids is 1. The van der Waals surface area contributed by atoms with Gasteiger partial charge in [0.25, 0.3) is 0 Å². The zero-order valence-electron chi connectivity index (χ0n) is 17.7. The van der Waals surface area contributed by atoms with Crippen molar-refractivity contribution in [3.63, 3.8) is 0 Å². The van der Waals surface area contributed by atoms with E-state index in [4.69, 9.17) is 23.7 Å². The average Bonchev–Trinajstić information content (AvgIpc) is 2.79. The molecule has 0 N–H and O–H groups in total. The molecule has 162 valence electrons. The number of rotatable bonds is 14. The zero-order valence-corrected chi connectivity index (χ0v) is 17.7. The summed E-state index contributed by atoms with van der Waals surface area (Å²) in [4.78, 5) is 11.7. The number of benzene rings is 2. The Labute approximate surface area is 178 Å². The van der Waals surface area contributed by atoms with Crippen LogP contribution in [0.15, 0.2) is 61.2 Å². The summed E-state index contributed by atoms with van der Waals surface area (Å²) < 4.78 is 27.1. The highest BCUT2D eigenvalue weighted by atomic mass is 16.6. The Bertz CT molecular complexity index is 699. The molecule has 6 heteroatoms. The molecule has 0 unspecified atom stereocenters. The highest BCUT2D eigenvalue weighted by molar-refractivity contribution is 5.81. The van der Waals surface area contributed by atoms with Gasteiger partial charge in [-0.1, -0.05) is 30.8 Å². The van der Waals surface area contributed by atoms with Gasteiger partial charge in [-0.25, -0.2) is 4.79 Å². The van der Waals surface area contributed by atoms with Gasteiger partial charge in [-0.05, 0) is 48.2 Å². The molecule has 2 rings (SSSR count). The first-order valence-electron chi connectivity index (χ1n) is 9.89. The van der Waals surface area contributed by atoms with E-state index in [0.29, 0.717) is 24.7 Å². The van der Waals surface area contributed by atoms with Crippen LogP contribution in [-0.2, 0) is 31.8 Å². The number of hydrogen-bond donors (Lipinski definition) is 0. The van der Waals surface area contributed by atoms with E-state index in [9.17, 15) is 4.79 Å². The SMILES string of the molecule is C=CC(=O)OC(COc1ccc(CCOC)cc1)COc1ccc(CCOC)cc1. The lowest BCUT2D eigenvalue weighted by molar-refractivity contribution is -0.146. The maximum atomic E-state index is 11.7. The quantitative estimate of drug-likeness (QED) is 0.348. The van der Waals surface area contributed by atoms with E-state index in [0.717, 1.165) is 30.0 Å². The highest BCUT2D eigenvalue weighted by Gasteiger charge is 2.15. The average molecular weight is 414 g/mol. The Balaban J connectivity index is 1.88. The van der Waals surface area contributed by atoms with Crippen LogP contribution >= 0.6 is 0 Å². The van der Waals surface area contributed by atoms with E-state index in [2.05, 4.69) is 6.58 Å². The standard InChI is InChI=1S/C24H30O6/c1-4-24(25)30-23(17-28-21-9-5-19(6-10-21)13-15-26-2)18-29-22-11-7-20(8-12-22)14-16-27-3/h4-12,23H,1,13-18H2,2-3H3. The maximum Gasteiger partial charge on any atom is 0.330 e. The Morgan fingerprint density at radius 1 is 0.833 bits per heavy atom. The molecule has 0 aliphatic carbocycles. The first-order valence-corrected chi connectivity index (χ1v) is 9.89. The molecule has 0 fully saturated rings. The molecule has 2 aromatic rings. The molecule has 0 aliphatic heterocycles. The van der Waals surface area contributed by atoms with Crippen molar-refractivity contribution in [2.24, 2.45) is 0 Å². The summed E-state index contributed by atoms with van der Waals surface area (Å²) in [5, 5.41) is 0. The Kier molecular flexibility index (Phi) is 10.5. The molecule has 0 heterocycles. The topological polar surface area (TPSA) is 63.2 Å². The van der Waals surface area contributed by atoms with Crippen LogP contribution in [0.1, 0.15) is 11.1 Å². The molecule has 0 aromatic heterocycles. The van der Waals surface area contributed by atoms with E-state index in [-0.39, 0.29) is 13.2 Å². The van der Waals surface area contributed by atoms with Crippen LogP contribution in [0, 0.1) is 0 Å². The van der Waals surface area contributed by atoms with Crippen molar-refractivity contribution >= 4 is 5.97 Å². The molecule has 0 saturated heterocycles. The summed E-state index contributed by atoms with van der Waals surface area (Å²) in [6.45, 7) is 5.12. The molecule has 0 amide bonds. The highest BCUT2D eigenvalue weighted by Crippen LogP contribution is 2.16. The lowest BCUT2D eigenvalue weighted by Crippen LogP contribution is -2.30. The second-order valence-electron chi connectivity index (χ2n) is 6.66. The largest absolute Gasteiger partial charge is 0.490 e. The van der Waals surface area contributed by atoms with Gasteiger partial charge in [0.05, 0.1) is 13.2 Å². The van der Waals surface area contributed by atoms with Crippen molar-refractivity contribution in [1.82, 2.24) is 0 Å². The first-order chi connectivity index (χ1) is 14.6. The third kappa shape index (κ3) is 8.68. The van der Waals surface area contributed by atoms with Crippen molar-refractivity contribution in [3.05, 3.63) is 72.3 Å². The fraction of sp³-hybridized carbons (Fsp3) is 0.375. The van der Waals surface area contributed by atoms with E-state index < -0.39 is 12.1 Å². The van der Waals surface area contributed by atoms with Crippen molar-refractivity contribution < 1.29 is 28.5 Å². The molecule has 0 radical (unpaired) electrons. The third-order valence-electron chi connectivity index (χ3n) is 4.36. The maximum absolute atomic E-state index is 11.7. The van der Waals surface area contributed by atoms with Gasteiger partial charge in [0.15, 0.2) is 6.10 Å². The summed E-state index contributed by atoms with van der Waals surface area (Å²) in [6.07, 6.45) is 2.24. The van der Waals surface area contributed by atoms with Crippen molar-refractivity contribution in [1.29, 1.82) is 0 Å². The predicted octanol–water partition coefficient (Wildman–Crippen LogP) is 3.62. The minimum absolute atomic E-state index is 0.170. The lowest BCUT2D eigenvalue weighted by Gasteiger charge is -2.18. The summed E-state index contributed by atoms with van der Waals surface area (Å²) in [5.74, 6) is 0.869. The summed E-state index contributed by atoms with van der Waals surface area (Å²) in [5.41, 5.74) is 2.33. The third-order valence-corrected chi connectivity index (χ3v) is 4.36. The van der Waals surface area contributed by atoms with E-state index in [1.54, 1.807) is 14.2 Å². The number of hydrogen-bond acceptors (Lipinski definition) is 6. The van der Waals surface area contributed by atoms with Crippen LogP contribution in [0.3, 0.4) is 0 Å². The van der Waals surface area contributed by atoms with E-state index in [1.165, 1.54) is 0 Å². The van der Waals surface area contributed by atoms with Crippen LogP contribution in [0.2, 0.25) is 0 Å². The smallest absolute Gasteiger partial charge is 0.330 e. The molecule has 30 heavy (non-hydrogen) atoms. The second kappa shape index (κ2) is 13.4. The Hall–Kier alpha value is -2.83. The summed E-state index contributed by atoms with van der Waals surface area (Å²) in [7, 11) is 3.36. The minimum Gasteiger partial charge on any atom is -0.490 e. The summed E-state index contributed by atoms with van der Waals surface area (Å²) >= 11 is 0. The van der Waals surface area contributed by atoms with Gasteiger partial charge < -0.3 is 23.7 Å². The van der Waals surface area contributed by atoms with Crippen LogP contribution in [0.4, 0.5) is 0 Å². The second-order valence-corrected chi connectivity index (χ2v) is 6.66. The van der Waals surface area contributed by atoms with E-state index in [1.807, 2.05) is 48.5 Å². The number of carbonyl (C=O) groups is 1. The van der Waals surface area contributed by atoms with E-state index >= 15 is 0 Å². The lowest BCUT2D eigenvalue weighted by atomic mass is 10.1. The fourth-order valence-corrected chi connectivity index (χ4v) is 2.65. The molecule has 0 saturated carbocycles. The summed E-state index contributed by atoms with van der Waals surface area (Å²) in [6, 6.07) is 15.5. The van der Waals surface area contributed by atoms with Crippen LogP contribution < -0.4 is 9.47 Å². The van der Waals surface area contributed by atoms with Gasteiger partial charge in [-0.15, -0.1) is 0 Å². The van der Waals surface area contributed by atoms with Gasteiger partial charge in [0, 0.05) is 20.3 Å². The Morgan fingerprint density at radius 3 is 1.63 bits per heavy atom. The number of ether oxygens (including phenoxy) is 5. The molecule has 2 aromatic carbocycles. The molecule has 0 bridgehead atoms. The van der Waals surface area contributed by atoms with Crippen molar-refractivity contribution in [2.75, 3.05) is 40.6 Å². The molecule has 0 aliphatic rings. The van der Waals surface area contributed by atoms with Crippen molar-refractivity contribution in [2.45, 2.75) is 18.9 Å². The zero-order chi connectivity index (χ0) is 21.6. The van der Waals surface area contributed by atoms with Crippen LogP contribution in [0.25, 0.3) is 0 Å². The minimum atomic E-state index is -0.572. The molecule has 6 nitrogen and oxygen atoms in total. The van der Waals surface area contributed by atoms with Crippen LogP contribution in [0.5, 0.6) is 11.5 Å². The number of methoxy groups -OCH3 is 2. The van der Waals surface area contributed by atoms with Gasteiger partial charge in [-0.3, -0.25) is 0 Å². The normalized spacial score (nSPS) is 10.6. The van der Waals surface area contributed by atoms with Crippen molar-refractivity contribution in [3.8, 4) is 11.5 Å². The predicted molar refractivity (Wildman–Crippen MR) is 115 cm³/mol. The first kappa shape index (κ1) is 23.4. The van der Waals surface area contributed by atoms with Gasteiger partial charge in [0.1, 0.15) is 24.7 Å². The van der Waals surface area contributed by atoms with Gasteiger partial charge >= 0.3 is 5.97 Å². The molecular weight excluding hydrogens is 384 g/mol. The fourth-order valence-electron chi connectivity index (χ4n) is 2.65. The number of esters is 1. The monoisotopic (exact) mass is 414 g/mol. The van der Waals surface area contributed by atoms with Crippen LogP contribution in [-0.4, -0.2) is 52.7 Å². The van der Waals surface area contributed by atoms with Gasteiger partial charge in [-0.2, -0.15) is 0 Å². The van der Waals surface area contributed by atoms with Gasteiger partial charge in [0.2, 0.25) is 0 Å². The molecular formula is C24H30O6.